The molecule has 3 aromatic carbocycles. The minimum Gasteiger partial charge on any atom is -0.497 e. The molecule has 0 saturated carbocycles. The lowest BCUT2D eigenvalue weighted by Gasteiger charge is -2.30. The molecular weight excluding hydrogens is 648 g/mol. The second kappa shape index (κ2) is 15.2. The molecule has 1 amide bonds. The molecule has 0 spiro atoms. The number of thiazole rings is 1. The van der Waals surface area contributed by atoms with Crippen LogP contribution in [-0.2, 0) is 11.4 Å². The number of hydrogen-bond donors (Lipinski definition) is 0. The first-order valence-electron chi connectivity index (χ1n) is 15.8. The predicted molar refractivity (Wildman–Crippen MR) is 186 cm³/mol. The molecule has 0 aliphatic carbocycles. The van der Waals surface area contributed by atoms with E-state index in [1.807, 2.05) is 26.8 Å². The third-order valence-electron chi connectivity index (χ3n) is 8.14. The number of rotatable bonds is 13. The van der Waals surface area contributed by atoms with Gasteiger partial charge in [0.15, 0.2) is 16.3 Å². The second-order valence-electron chi connectivity index (χ2n) is 11.0. The molecule has 1 aromatic heterocycles. The Kier molecular flexibility index (Phi) is 10.8. The van der Waals surface area contributed by atoms with Gasteiger partial charge in [0.25, 0.3) is 17.2 Å². The van der Waals surface area contributed by atoms with Gasteiger partial charge >= 0.3 is 0 Å². The number of aromatic nitrogens is 1. The molecule has 256 valence electrons. The zero-order chi connectivity index (χ0) is 35.2. The monoisotopic (exact) mass is 686 g/mol. The van der Waals surface area contributed by atoms with Crippen LogP contribution >= 0.6 is 11.3 Å². The lowest BCUT2D eigenvalue weighted by molar-refractivity contribution is -0.384. The standard InChI is InChI=1S/C36H38N4O8S/c1-7-38(8-2)35(42)32-22(4)37-36-39(33(32)27-20-26(45-5)15-17-28(27)46-6)34(41)31(49-36)19-24-12-16-29(30(18-24)47-9-3)48-21-23-10-13-25(14-11-23)40(43)44/h10-20,33H,7-9,21H2,1-6H3/b31-19+/t33-/m0/s1. The van der Waals surface area contributed by atoms with Crippen LogP contribution in [0.5, 0.6) is 23.0 Å². The molecule has 1 aliphatic heterocycles. The molecule has 0 N–H and O–H groups in total. The summed E-state index contributed by atoms with van der Waals surface area (Å²) < 4.78 is 25.1. The number of fused-ring (bicyclic) bond motifs is 1. The number of amides is 1. The van der Waals surface area contributed by atoms with Crippen LogP contribution < -0.4 is 33.8 Å². The van der Waals surface area contributed by atoms with E-state index in [-0.39, 0.29) is 23.8 Å². The van der Waals surface area contributed by atoms with E-state index < -0.39 is 11.0 Å². The zero-order valence-electron chi connectivity index (χ0n) is 28.2. The minimum absolute atomic E-state index is 0.00390. The second-order valence-corrected chi connectivity index (χ2v) is 12.0. The molecule has 0 fully saturated rings. The molecule has 0 saturated heterocycles. The van der Waals surface area contributed by atoms with E-state index in [4.69, 9.17) is 23.9 Å². The highest BCUT2D eigenvalue weighted by molar-refractivity contribution is 7.07. The number of nitro groups is 1. The van der Waals surface area contributed by atoms with Crippen LogP contribution in [0.15, 0.2) is 81.7 Å². The molecule has 12 nitrogen and oxygen atoms in total. The Balaban J connectivity index is 1.58. The van der Waals surface area contributed by atoms with E-state index in [0.717, 1.165) is 5.56 Å². The van der Waals surface area contributed by atoms with Crippen molar-refractivity contribution in [2.24, 2.45) is 4.99 Å². The molecule has 0 unspecified atom stereocenters. The Morgan fingerprint density at radius 1 is 0.980 bits per heavy atom. The quantitative estimate of drug-likeness (QED) is 0.142. The number of nitrogens with zero attached hydrogens (tertiary/aromatic N) is 4. The largest absolute Gasteiger partial charge is 0.497 e. The van der Waals surface area contributed by atoms with Crippen molar-refractivity contribution >= 4 is 29.0 Å². The summed E-state index contributed by atoms with van der Waals surface area (Å²) in [6.45, 7) is 9.02. The predicted octanol–water partition coefficient (Wildman–Crippen LogP) is 5.01. The van der Waals surface area contributed by atoms with Gasteiger partial charge in [-0.25, -0.2) is 4.99 Å². The number of benzene rings is 3. The van der Waals surface area contributed by atoms with Crippen LogP contribution in [0.25, 0.3) is 6.08 Å². The van der Waals surface area contributed by atoms with Crippen LogP contribution in [0.3, 0.4) is 0 Å². The normalized spacial score (nSPS) is 14.2. The average Bonchev–Trinajstić information content (AvgIpc) is 3.41. The molecule has 0 radical (unpaired) electrons. The van der Waals surface area contributed by atoms with E-state index in [1.165, 1.54) is 23.5 Å². The van der Waals surface area contributed by atoms with Crippen molar-refractivity contribution in [3.05, 3.63) is 118 Å². The van der Waals surface area contributed by atoms with Gasteiger partial charge in [-0.1, -0.05) is 17.4 Å². The Hall–Kier alpha value is -5.43. The first kappa shape index (κ1) is 34.9. The lowest BCUT2D eigenvalue weighted by atomic mass is 9.93. The van der Waals surface area contributed by atoms with E-state index in [9.17, 15) is 19.7 Å². The third kappa shape index (κ3) is 7.21. The molecular formula is C36H38N4O8S. The van der Waals surface area contributed by atoms with Gasteiger partial charge < -0.3 is 23.8 Å². The van der Waals surface area contributed by atoms with E-state index >= 15 is 0 Å². The summed E-state index contributed by atoms with van der Waals surface area (Å²) >= 11 is 1.23. The highest BCUT2D eigenvalue weighted by Gasteiger charge is 2.36. The van der Waals surface area contributed by atoms with Gasteiger partial charge in [-0.05, 0) is 87.4 Å². The molecule has 13 heteroatoms. The highest BCUT2D eigenvalue weighted by Crippen LogP contribution is 2.38. The summed E-state index contributed by atoms with van der Waals surface area (Å²) in [6, 6.07) is 16.0. The summed E-state index contributed by atoms with van der Waals surface area (Å²) in [7, 11) is 3.11. The van der Waals surface area contributed by atoms with E-state index in [1.54, 1.807) is 79.2 Å². The van der Waals surface area contributed by atoms with Crippen molar-refractivity contribution in [3.63, 3.8) is 0 Å². The number of carbonyl (C=O) groups is 1. The first-order valence-corrected chi connectivity index (χ1v) is 16.6. The van der Waals surface area contributed by atoms with Crippen LogP contribution in [0, 0.1) is 10.1 Å². The van der Waals surface area contributed by atoms with Crippen LogP contribution in [0.4, 0.5) is 5.69 Å². The van der Waals surface area contributed by atoms with Crippen molar-refractivity contribution in [2.45, 2.75) is 40.3 Å². The minimum atomic E-state index is -0.814. The fourth-order valence-corrected chi connectivity index (χ4v) is 6.70. The van der Waals surface area contributed by atoms with Crippen LogP contribution in [-0.4, -0.2) is 54.2 Å². The van der Waals surface area contributed by atoms with Gasteiger partial charge in [0, 0.05) is 30.8 Å². The molecule has 1 atom stereocenters. The molecule has 5 rings (SSSR count). The number of likely N-dealkylation sites (N-methyl/N-ethyl adjacent to an activating group) is 1. The molecule has 1 aliphatic rings. The van der Waals surface area contributed by atoms with Crippen molar-refractivity contribution in [3.8, 4) is 23.0 Å². The number of non-ortho nitro benzene ring substituents is 1. The Morgan fingerprint density at radius 3 is 2.33 bits per heavy atom. The fraction of sp³-hybridized carbons (Fsp3) is 0.306. The van der Waals surface area contributed by atoms with Crippen molar-refractivity contribution in [2.75, 3.05) is 33.9 Å². The van der Waals surface area contributed by atoms with Crippen molar-refractivity contribution < 1.29 is 28.7 Å². The molecule has 49 heavy (non-hydrogen) atoms. The summed E-state index contributed by atoms with van der Waals surface area (Å²) in [5.41, 5.74) is 2.66. The van der Waals surface area contributed by atoms with E-state index in [2.05, 4.69) is 0 Å². The number of ether oxygens (including phenoxy) is 4. The summed E-state index contributed by atoms with van der Waals surface area (Å²) in [5.74, 6) is 1.82. The fourth-order valence-electron chi connectivity index (χ4n) is 5.65. The van der Waals surface area contributed by atoms with Crippen LogP contribution in [0.2, 0.25) is 0 Å². The Bertz CT molecular complexity index is 2080. The number of allylic oxidation sites excluding steroid dienone is 1. The molecule has 4 aromatic rings. The van der Waals surface area contributed by atoms with Gasteiger partial charge in [0.1, 0.15) is 24.1 Å². The van der Waals surface area contributed by atoms with Gasteiger partial charge in [-0.15, -0.1) is 0 Å². The topological polar surface area (TPSA) is 135 Å². The maximum atomic E-state index is 14.3. The summed E-state index contributed by atoms with van der Waals surface area (Å²) in [5, 5.41) is 11.0. The Morgan fingerprint density at radius 2 is 1.69 bits per heavy atom. The van der Waals surface area contributed by atoms with Gasteiger partial charge in [0.05, 0.1) is 41.6 Å². The number of carbonyl (C=O) groups excluding carboxylic acids is 1. The van der Waals surface area contributed by atoms with Gasteiger partial charge in [-0.3, -0.25) is 24.3 Å². The Labute approximate surface area is 287 Å². The van der Waals surface area contributed by atoms with Crippen molar-refractivity contribution in [1.29, 1.82) is 0 Å². The SMILES string of the molecule is CCOc1cc(/C=c2/sc3n(c2=O)[C@@H](c2cc(OC)ccc2OC)C(C(=O)N(CC)CC)=C(C)N=3)ccc1OCc1ccc([N+](=O)[O-])cc1. The van der Waals surface area contributed by atoms with Crippen molar-refractivity contribution in [1.82, 2.24) is 9.47 Å². The number of nitro benzene ring substituents is 1. The smallest absolute Gasteiger partial charge is 0.271 e. The van der Waals surface area contributed by atoms with E-state index in [0.29, 0.717) is 74.4 Å². The maximum Gasteiger partial charge on any atom is 0.271 e. The zero-order valence-corrected chi connectivity index (χ0v) is 29.0. The third-order valence-corrected chi connectivity index (χ3v) is 9.12. The lowest BCUT2D eigenvalue weighted by Crippen LogP contribution is -2.43. The van der Waals surface area contributed by atoms with Crippen LogP contribution in [0.1, 0.15) is 50.4 Å². The van der Waals surface area contributed by atoms with Gasteiger partial charge in [0.2, 0.25) is 0 Å². The summed E-state index contributed by atoms with van der Waals surface area (Å²) in [4.78, 5) is 45.8. The maximum absolute atomic E-state index is 14.3. The first-order chi connectivity index (χ1) is 23.6. The summed E-state index contributed by atoms with van der Waals surface area (Å²) in [6.07, 6.45) is 1.76. The molecule has 0 bridgehead atoms. The average molecular weight is 687 g/mol. The molecule has 2 heterocycles. The highest BCUT2D eigenvalue weighted by atomic mass is 32.1. The number of hydrogen-bond acceptors (Lipinski definition) is 10. The number of methoxy groups -OCH3 is 2. The van der Waals surface area contributed by atoms with Gasteiger partial charge in [-0.2, -0.15) is 0 Å².